The normalized spacial score (nSPS) is 18.8. The third-order valence-corrected chi connectivity index (χ3v) is 3.48. The van der Waals surface area contributed by atoms with Crippen molar-refractivity contribution in [1.29, 1.82) is 0 Å². The summed E-state index contributed by atoms with van der Waals surface area (Å²) in [5.74, 6) is 0.277. The molecular weight excluding hydrogens is 198 g/mol. The van der Waals surface area contributed by atoms with Gasteiger partial charge in [0.1, 0.15) is 0 Å². The number of amides is 1. The lowest BCUT2D eigenvalue weighted by molar-refractivity contribution is -0.122. The molecule has 1 fully saturated rings. The van der Waals surface area contributed by atoms with Crippen LogP contribution in [0.25, 0.3) is 0 Å². The highest BCUT2D eigenvalue weighted by Crippen LogP contribution is 2.17. The summed E-state index contributed by atoms with van der Waals surface area (Å²) in [7, 11) is 0. The van der Waals surface area contributed by atoms with Gasteiger partial charge in [0.2, 0.25) is 5.91 Å². The second kappa shape index (κ2) is 8.60. The largest absolute Gasteiger partial charge is 0.353 e. The third kappa shape index (κ3) is 6.14. The van der Waals surface area contributed by atoms with Gasteiger partial charge in [-0.15, -0.1) is 0 Å². The van der Waals surface area contributed by atoms with Crippen LogP contribution in [-0.4, -0.2) is 11.9 Å². The van der Waals surface area contributed by atoms with E-state index in [4.69, 9.17) is 0 Å². The van der Waals surface area contributed by atoms with E-state index in [2.05, 4.69) is 12.2 Å². The van der Waals surface area contributed by atoms with Crippen LogP contribution in [0.3, 0.4) is 0 Å². The molecule has 0 aromatic heterocycles. The third-order valence-electron chi connectivity index (χ3n) is 3.48. The topological polar surface area (TPSA) is 29.1 Å². The van der Waals surface area contributed by atoms with E-state index in [1.165, 1.54) is 57.8 Å². The number of unbranched alkanes of at least 4 members (excludes halogenated alkanes) is 2. The van der Waals surface area contributed by atoms with Crippen LogP contribution in [-0.2, 0) is 4.79 Å². The molecule has 0 unspecified atom stereocenters. The maximum Gasteiger partial charge on any atom is 0.220 e. The fourth-order valence-electron chi connectivity index (χ4n) is 2.44. The maximum atomic E-state index is 11.7. The van der Waals surface area contributed by atoms with Crippen molar-refractivity contribution in [2.45, 2.75) is 83.6 Å². The minimum atomic E-state index is 0.277. The summed E-state index contributed by atoms with van der Waals surface area (Å²) in [5.41, 5.74) is 0. The van der Waals surface area contributed by atoms with Crippen molar-refractivity contribution in [1.82, 2.24) is 5.32 Å². The standard InChI is InChI=1S/C14H27NO/c1-2-3-7-12-14(16)15-13-10-8-5-4-6-9-11-13/h13H,2-12H2,1H3,(H,15,16). The molecule has 0 spiro atoms. The van der Waals surface area contributed by atoms with E-state index in [1.807, 2.05) is 0 Å². The minimum absolute atomic E-state index is 0.277. The zero-order valence-corrected chi connectivity index (χ0v) is 10.8. The van der Waals surface area contributed by atoms with Crippen molar-refractivity contribution in [3.8, 4) is 0 Å². The monoisotopic (exact) mass is 225 g/mol. The number of carbonyl (C=O) groups is 1. The minimum Gasteiger partial charge on any atom is -0.353 e. The van der Waals surface area contributed by atoms with Gasteiger partial charge in [-0.1, -0.05) is 51.9 Å². The molecule has 0 heterocycles. The molecule has 0 atom stereocenters. The van der Waals surface area contributed by atoms with E-state index in [-0.39, 0.29) is 5.91 Å². The average molecular weight is 225 g/mol. The second-order valence-electron chi connectivity index (χ2n) is 5.07. The van der Waals surface area contributed by atoms with Crippen molar-refractivity contribution in [2.75, 3.05) is 0 Å². The first-order valence-corrected chi connectivity index (χ1v) is 7.12. The van der Waals surface area contributed by atoms with Gasteiger partial charge in [-0.25, -0.2) is 0 Å². The quantitative estimate of drug-likeness (QED) is 0.708. The molecule has 16 heavy (non-hydrogen) atoms. The van der Waals surface area contributed by atoms with Gasteiger partial charge >= 0.3 is 0 Å². The molecule has 1 aliphatic carbocycles. The van der Waals surface area contributed by atoms with Gasteiger partial charge in [-0.2, -0.15) is 0 Å². The van der Waals surface area contributed by atoms with Crippen LogP contribution in [0.5, 0.6) is 0 Å². The van der Waals surface area contributed by atoms with Gasteiger partial charge < -0.3 is 5.32 Å². The predicted octanol–water partition coefficient (Wildman–Crippen LogP) is 3.80. The molecule has 1 saturated carbocycles. The van der Waals surface area contributed by atoms with Gasteiger partial charge in [0.15, 0.2) is 0 Å². The zero-order chi connectivity index (χ0) is 11.6. The van der Waals surface area contributed by atoms with Gasteiger partial charge in [0.25, 0.3) is 0 Å². The van der Waals surface area contributed by atoms with Gasteiger partial charge in [-0.05, 0) is 19.3 Å². The van der Waals surface area contributed by atoms with Gasteiger partial charge in [0.05, 0.1) is 0 Å². The van der Waals surface area contributed by atoms with E-state index < -0.39 is 0 Å². The van der Waals surface area contributed by atoms with Gasteiger partial charge in [0, 0.05) is 12.5 Å². The summed E-state index contributed by atoms with van der Waals surface area (Å²) in [6.45, 7) is 2.17. The Kier molecular flexibility index (Phi) is 7.28. The predicted molar refractivity (Wildman–Crippen MR) is 68.4 cm³/mol. The van der Waals surface area contributed by atoms with Crippen LogP contribution in [0.4, 0.5) is 0 Å². The molecule has 0 saturated heterocycles. The first-order chi connectivity index (χ1) is 7.83. The molecule has 0 aromatic rings. The fourth-order valence-corrected chi connectivity index (χ4v) is 2.44. The van der Waals surface area contributed by atoms with Crippen LogP contribution in [0.15, 0.2) is 0 Å². The Morgan fingerprint density at radius 3 is 2.31 bits per heavy atom. The van der Waals surface area contributed by atoms with Gasteiger partial charge in [-0.3, -0.25) is 4.79 Å². The molecular formula is C14H27NO. The molecule has 2 nitrogen and oxygen atoms in total. The Bertz CT molecular complexity index is 183. The molecule has 1 amide bonds. The molecule has 1 rings (SSSR count). The van der Waals surface area contributed by atoms with Crippen molar-refractivity contribution >= 4 is 5.91 Å². The van der Waals surface area contributed by atoms with Crippen molar-refractivity contribution < 1.29 is 4.79 Å². The molecule has 94 valence electrons. The fraction of sp³-hybridized carbons (Fsp3) is 0.929. The summed E-state index contributed by atoms with van der Waals surface area (Å²) < 4.78 is 0. The number of hydrogen-bond donors (Lipinski definition) is 1. The van der Waals surface area contributed by atoms with E-state index in [0.29, 0.717) is 6.04 Å². The van der Waals surface area contributed by atoms with E-state index >= 15 is 0 Å². The average Bonchev–Trinajstić information content (AvgIpc) is 2.22. The summed E-state index contributed by atoms with van der Waals surface area (Å²) in [4.78, 5) is 11.7. The van der Waals surface area contributed by atoms with Crippen molar-refractivity contribution in [3.63, 3.8) is 0 Å². The Balaban J connectivity index is 2.14. The van der Waals surface area contributed by atoms with Crippen molar-refractivity contribution in [2.24, 2.45) is 0 Å². The number of hydrogen-bond acceptors (Lipinski definition) is 1. The highest BCUT2D eigenvalue weighted by atomic mass is 16.1. The van der Waals surface area contributed by atoms with Crippen LogP contribution in [0, 0.1) is 0 Å². The number of rotatable bonds is 5. The van der Waals surface area contributed by atoms with Crippen LogP contribution in [0.2, 0.25) is 0 Å². The number of carbonyl (C=O) groups excluding carboxylic acids is 1. The lowest BCUT2D eigenvalue weighted by atomic mass is 9.96. The molecule has 1 aliphatic rings. The first-order valence-electron chi connectivity index (χ1n) is 7.12. The van der Waals surface area contributed by atoms with E-state index in [1.54, 1.807) is 0 Å². The Morgan fingerprint density at radius 2 is 1.69 bits per heavy atom. The lowest BCUT2D eigenvalue weighted by Gasteiger charge is -2.21. The second-order valence-corrected chi connectivity index (χ2v) is 5.07. The maximum absolute atomic E-state index is 11.7. The zero-order valence-electron chi connectivity index (χ0n) is 10.8. The Morgan fingerprint density at radius 1 is 1.06 bits per heavy atom. The molecule has 0 aliphatic heterocycles. The Labute approximate surface area is 100 Å². The molecule has 0 aromatic carbocycles. The van der Waals surface area contributed by atoms with E-state index in [9.17, 15) is 4.79 Å². The van der Waals surface area contributed by atoms with Crippen LogP contribution < -0.4 is 5.32 Å². The molecule has 0 radical (unpaired) electrons. The summed E-state index contributed by atoms with van der Waals surface area (Å²) in [6.07, 6.45) is 13.2. The first kappa shape index (κ1) is 13.5. The smallest absolute Gasteiger partial charge is 0.220 e. The summed E-state index contributed by atoms with van der Waals surface area (Å²) in [5, 5.41) is 3.21. The highest BCUT2D eigenvalue weighted by molar-refractivity contribution is 5.76. The summed E-state index contributed by atoms with van der Waals surface area (Å²) >= 11 is 0. The van der Waals surface area contributed by atoms with E-state index in [0.717, 1.165) is 12.8 Å². The van der Waals surface area contributed by atoms with Crippen molar-refractivity contribution in [3.05, 3.63) is 0 Å². The Hall–Kier alpha value is -0.530. The SMILES string of the molecule is CCCCCC(=O)NC1CCCCCCC1. The van der Waals surface area contributed by atoms with Crippen LogP contribution >= 0.6 is 0 Å². The molecule has 0 bridgehead atoms. The van der Waals surface area contributed by atoms with Crippen LogP contribution in [0.1, 0.15) is 77.6 Å². The molecule has 2 heteroatoms. The number of nitrogens with one attached hydrogen (secondary N) is 1. The highest BCUT2D eigenvalue weighted by Gasteiger charge is 2.13. The lowest BCUT2D eigenvalue weighted by Crippen LogP contribution is -2.35. The summed E-state index contributed by atoms with van der Waals surface area (Å²) in [6, 6.07) is 0.467. The molecule has 1 N–H and O–H groups in total.